The second kappa shape index (κ2) is 5.40. The number of anilines is 1. The van der Waals surface area contributed by atoms with Crippen LogP contribution in [0.1, 0.15) is 17.0 Å². The van der Waals surface area contributed by atoms with E-state index in [-0.39, 0.29) is 18.0 Å². The van der Waals surface area contributed by atoms with E-state index < -0.39 is 11.6 Å². The molecule has 20 heavy (non-hydrogen) atoms. The lowest BCUT2D eigenvalue weighted by molar-refractivity contribution is -0.115. The Morgan fingerprint density at radius 2 is 2.00 bits per heavy atom. The Morgan fingerprint density at radius 1 is 1.30 bits per heavy atom. The van der Waals surface area contributed by atoms with Crippen LogP contribution < -0.4 is 5.32 Å². The van der Waals surface area contributed by atoms with Crippen LogP contribution in [0, 0.1) is 25.5 Å². The molecule has 0 spiro atoms. The molecule has 0 radical (unpaired) electrons. The number of halogens is 2. The number of nitrogens with one attached hydrogen (secondary N) is 1. The first-order chi connectivity index (χ1) is 9.38. The molecule has 0 unspecified atom stereocenters. The molecule has 1 amide bonds. The lowest BCUT2D eigenvalue weighted by Crippen LogP contribution is -2.15. The number of aromatic nitrogens is 2. The van der Waals surface area contributed by atoms with E-state index in [2.05, 4.69) is 10.4 Å². The van der Waals surface area contributed by atoms with E-state index in [1.54, 1.807) is 11.7 Å². The van der Waals surface area contributed by atoms with Gasteiger partial charge in [-0.05, 0) is 26.0 Å². The van der Waals surface area contributed by atoms with Gasteiger partial charge >= 0.3 is 0 Å². The van der Waals surface area contributed by atoms with Gasteiger partial charge in [0.1, 0.15) is 0 Å². The average Bonchev–Trinajstić information content (AvgIpc) is 2.61. The summed E-state index contributed by atoms with van der Waals surface area (Å²) >= 11 is 0. The molecule has 0 saturated carbocycles. The van der Waals surface area contributed by atoms with Gasteiger partial charge in [-0.15, -0.1) is 0 Å². The lowest BCUT2D eigenvalue weighted by Gasteiger charge is -2.06. The second-order valence-corrected chi connectivity index (χ2v) is 4.63. The highest BCUT2D eigenvalue weighted by atomic mass is 19.2. The number of carbonyl (C=O) groups excluding carboxylic acids is 1. The van der Waals surface area contributed by atoms with Crippen LogP contribution in [0.15, 0.2) is 18.2 Å². The minimum absolute atomic E-state index is 0.143. The molecule has 0 fully saturated rings. The summed E-state index contributed by atoms with van der Waals surface area (Å²) < 4.78 is 27.5. The molecule has 0 aliphatic rings. The highest BCUT2D eigenvalue weighted by Crippen LogP contribution is 2.16. The van der Waals surface area contributed by atoms with Crippen molar-refractivity contribution in [2.45, 2.75) is 20.3 Å². The minimum atomic E-state index is -0.989. The number of aryl methyl sites for hydroxylation is 2. The first-order valence-electron chi connectivity index (χ1n) is 6.12. The maximum atomic E-state index is 13.0. The van der Waals surface area contributed by atoms with E-state index in [9.17, 15) is 13.6 Å². The van der Waals surface area contributed by atoms with Gasteiger partial charge in [-0.25, -0.2) is 8.78 Å². The summed E-state index contributed by atoms with van der Waals surface area (Å²) in [4.78, 5) is 11.9. The number of carbonyl (C=O) groups is 1. The van der Waals surface area contributed by atoms with Gasteiger partial charge in [-0.3, -0.25) is 9.48 Å². The first-order valence-corrected chi connectivity index (χ1v) is 6.12. The van der Waals surface area contributed by atoms with Gasteiger partial charge in [-0.2, -0.15) is 5.10 Å². The fourth-order valence-electron chi connectivity index (χ4n) is 2.01. The van der Waals surface area contributed by atoms with E-state index in [1.165, 1.54) is 6.07 Å². The molecule has 0 bridgehead atoms. The van der Waals surface area contributed by atoms with Crippen LogP contribution in [0.25, 0.3) is 0 Å². The van der Waals surface area contributed by atoms with Gasteiger partial charge in [-0.1, -0.05) is 0 Å². The van der Waals surface area contributed by atoms with Gasteiger partial charge in [0.25, 0.3) is 0 Å². The van der Waals surface area contributed by atoms with Crippen LogP contribution in [-0.2, 0) is 18.3 Å². The second-order valence-electron chi connectivity index (χ2n) is 4.63. The summed E-state index contributed by atoms with van der Waals surface area (Å²) in [6, 6.07) is 3.25. The fraction of sp³-hybridized carbons (Fsp3) is 0.286. The summed E-state index contributed by atoms with van der Waals surface area (Å²) in [5.74, 6) is -2.23. The Kier molecular flexibility index (Phi) is 3.83. The van der Waals surface area contributed by atoms with E-state index in [4.69, 9.17) is 0 Å². The molecule has 0 saturated heterocycles. The molecular weight excluding hydrogens is 264 g/mol. The van der Waals surface area contributed by atoms with Crippen LogP contribution in [0.2, 0.25) is 0 Å². The standard InChI is InChI=1S/C14H15F2N3O/c1-8-11(9(2)19(3)18-8)7-14(20)17-10-4-5-12(15)13(16)6-10/h4-6H,7H2,1-3H3,(H,17,20). The van der Waals surface area contributed by atoms with Gasteiger partial charge in [0.05, 0.1) is 12.1 Å². The minimum Gasteiger partial charge on any atom is -0.326 e. The molecule has 106 valence electrons. The van der Waals surface area contributed by atoms with Gasteiger partial charge in [0, 0.05) is 30.1 Å². The monoisotopic (exact) mass is 279 g/mol. The number of amides is 1. The molecule has 0 aliphatic heterocycles. The van der Waals surface area contributed by atoms with Crippen molar-refractivity contribution in [1.82, 2.24) is 9.78 Å². The number of hydrogen-bond donors (Lipinski definition) is 1. The normalized spacial score (nSPS) is 10.7. The largest absolute Gasteiger partial charge is 0.326 e. The zero-order valence-electron chi connectivity index (χ0n) is 11.5. The van der Waals surface area contributed by atoms with Crippen LogP contribution in [-0.4, -0.2) is 15.7 Å². The predicted octanol–water partition coefficient (Wildman–Crippen LogP) is 2.50. The maximum Gasteiger partial charge on any atom is 0.228 e. The zero-order chi connectivity index (χ0) is 14.9. The molecule has 2 aromatic rings. The first kappa shape index (κ1) is 14.2. The summed E-state index contributed by atoms with van der Waals surface area (Å²) in [5, 5.41) is 6.76. The highest BCUT2D eigenvalue weighted by molar-refractivity contribution is 5.92. The van der Waals surface area contributed by atoms with Crippen molar-refractivity contribution >= 4 is 11.6 Å². The maximum absolute atomic E-state index is 13.0. The van der Waals surface area contributed by atoms with Gasteiger partial charge in [0.2, 0.25) is 5.91 Å². The fourth-order valence-corrected chi connectivity index (χ4v) is 2.01. The summed E-state index contributed by atoms with van der Waals surface area (Å²) in [7, 11) is 1.80. The Labute approximate surface area is 115 Å². The molecule has 1 heterocycles. The van der Waals surface area contributed by atoms with Crippen molar-refractivity contribution in [3.63, 3.8) is 0 Å². The van der Waals surface area contributed by atoms with Crippen LogP contribution in [0.5, 0.6) is 0 Å². The van der Waals surface area contributed by atoms with Crippen LogP contribution >= 0.6 is 0 Å². The van der Waals surface area contributed by atoms with Gasteiger partial charge in [0.15, 0.2) is 11.6 Å². The van der Waals surface area contributed by atoms with Crippen molar-refractivity contribution in [2.75, 3.05) is 5.32 Å². The number of rotatable bonds is 3. The Hall–Kier alpha value is -2.24. The van der Waals surface area contributed by atoms with Crippen molar-refractivity contribution in [3.8, 4) is 0 Å². The Morgan fingerprint density at radius 3 is 2.55 bits per heavy atom. The quantitative estimate of drug-likeness (QED) is 0.938. The van der Waals surface area contributed by atoms with Crippen LogP contribution in [0.3, 0.4) is 0 Å². The number of benzene rings is 1. The molecule has 2 rings (SSSR count). The van der Waals surface area contributed by atoms with Crippen molar-refractivity contribution < 1.29 is 13.6 Å². The van der Waals surface area contributed by atoms with Crippen LogP contribution in [0.4, 0.5) is 14.5 Å². The van der Waals surface area contributed by atoms with E-state index in [0.717, 1.165) is 29.1 Å². The summed E-state index contributed by atoms with van der Waals surface area (Å²) in [5.41, 5.74) is 2.76. The third-order valence-electron chi connectivity index (χ3n) is 3.20. The molecule has 0 atom stereocenters. The predicted molar refractivity (Wildman–Crippen MR) is 71.4 cm³/mol. The lowest BCUT2D eigenvalue weighted by atomic mass is 10.1. The molecule has 1 aromatic heterocycles. The van der Waals surface area contributed by atoms with E-state index >= 15 is 0 Å². The highest BCUT2D eigenvalue weighted by Gasteiger charge is 2.14. The average molecular weight is 279 g/mol. The van der Waals surface area contributed by atoms with E-state index in [1.807, 2.05) is 13.8 Å². The topological polar surface area (TPSA) is 46.9 Å². The third-order valence-corrected chi connectivity index (χ3v) is 3.20. The molecule has 4 nitrogen and oxygen atoms in total. The van der Waals surface area contributed by atoms with Crippen molar-refractivity contribution in [1.29, 1.82) is 0 Å². The smallest absolute Gasteiger partial charge is 0.228 e. The molecule has 1 aromatic carbocycles. The number of nitrogens with zero attached hydrogens (tertiary/aromatic N) is 2. The summed E-state index contributed by atoms with van der Waals surface area (Å²) in [6.07, 6.45) is 0.143. The number of hydrogen-bond acceptors (Lipinski definition) is 2. The van der Waals surface area contributed by atoms with Crippen molar-refractivity contribution in [3.05, 3.63) is 46.8 Å². The third kappa shape index (κ3) is 2.84. The SMILES string of the molecule is Cc1nn(C)c(C)c1CC(=O)Nc1ccc(F)c(F)c1. The zero-order valence-corrected chi connectivity index (χ0v) is 11.5. The van der Waals surface area contributed by atoms with Gasteiger partial charge < -0.3 is 5.32 Å². The molecule has 0 aliphatic carbocycles. The van der Waals surface area contributed by atoms with E-state index in [0.29, 0.717) is 0 Å². The molecule has 1 N–H and O–H groups in total. The Balaban J connectivity index is 2.11. The van der Waals surface area contributed by atoms with Crippen molar-refractivity contribution in [2.24, 2.45) is 7.05 Å². The summed E-state index contributed by atoms with van der Waals surface area (Å²) in [6.45, 7) is 3.70. The molecule has 6 heteroatoms. The molecular formula is C14H15F2N3O. The Bertz CT molecular complexity index is 665.